The van der Waals surface area contributed by atoms with Crippen LogP contribution in [-0.2, 0) is 14.8 Å². The van der Waals surface area contributed by atoms with E-state index < -0.39 is 27.8 Å². The van der Waals surface area contributed by atoms with Crippen molar-refractivity contribution in [3.63, 3.8) is 0 Å². The Morgan fingerprint density at radius 3 is 2.34 bits per heavy atom. The van der Waals surface area contributed by atoms with Gasteiger partial charge >= 0.3 is 0 Å². The predicted molar refractivity (Wildman–Crippen MR) is 129 cm³/mol. The highest BCUT2D eigenvalue weighted by molar-refractivity contribution is 7.89. The molecule has 8 nitrogen and oxygen atoms in total. The molecule has 4 rings (SSSR count). The van der Waals surface area contributed by atoms with Crippen LogP contribution in [0.4, 0.5) is 15.8 Å². The Morgan fingerprint density at radius 1 is 0.971 bits per heavy atom. The molecule has 1 heterocycles. The van der Waals surface area contributed by atoms with E-state index in [4.69, 9.17) is 4.74 Å². The zero-order valence-electron chi connectivity index (χ0n) is 18.9. The maximum absolute atomic E-state index is 13.2. The molecule has 0 radical (unpaired) electrons. The van der Waals surface area contributed by atoms with E-state index in [1.54, 1.807) is 48.5 Å². The van der Waals surface area contributed by atoms with Gasteiger partial charge in [0.05, 0.1) is 17.7 Å². The Labute approximate surface area is 202 Å². The molecule has 2 amide bonds. The lowest BCUT2D eigenvalue weighted by Gasteiger charge is -2.23. The van der Waals surface area contributed by atoms with Gasteiger partial charge in [-0.2, -0.15) is 4.31 Å². The van der Waals surface area contributed by atoms with E-state index in [1.165, 1.54) is 19.2 Å². The second kappa shape index (κ2) is 10.2. The first-order valence-corrected chi connectivity index (χ1v) is 12.4. The summed E-state index contributed by atoms with van der Waals surface area (Å²) in [7, 11) is -2.44. The van der Waals surface area contributed by atoms with Crippen molar-refractivity contribution in [1.82, 2.24) is 4.31 Å². The van der Waals surface area contributed by atoms with E-state index in [9.17, 15) is 22.4 Å². The molecule has 0 aromatic heterocycles. The van der Waals surface area contributed by atoms with Crippen molar-refractivity contribution in [3.05, 3.63) is 84.2 Å². The summed E-state index contributed by atoms with van der Waals surface area (Å²) in [5.74, 6) is -0.833. The molecule has 35 heavy (non-hydrogen) atoms. The molecule has 1 aliphatic rings. The lowest BCUT2D eigenvalue weighted by Crippen LogP contribution is -2.43. The van der Waals surface area contributed by atoms with Crippen LogP contribution in [0.15, 0.2) is 77.7 Å². The molecule has 0 bridgehead atoms. The molecule has 10 heteroatoms. The fraction of sp³-hybridized carbons (Fsp3) is 0.200. The number of para-hydroxylation sites is 2. The van der Waals surface area contributed by atoms with Gasteiger partial charge in [0.1, 0.15) is 17.6 Å². The third kappa shape index (κ3) is 5.33. The predicted octanol–water partition coefficient (Wildman–Crippen LogP) is 3.88. The Kier molecular flexibility index (Phi) is 7.13. The highest BCUT2D eigenvalue weighted by Gasteiger charge is 2.39. The number of ether oxygens (including phenoxy) is 1. The number of nitrogens with one attached hydrogen (secondary N) is 2. The number of hydrogen-bond acceptors (Lipinski definition) is 5. The lowest BCUT2D eigenvalue weighted by atomic mass is 10.1. The first-order valence-electron chi connectivity index (χ1n) is 10.9. The monoisotopic (exact) mass is 497 g/mol. The van der Waals surface area contributed by atoms with Gasteiger partial charge in [-0.3, -0.25) is 9.59 Å². The molecule has 0 aliphatic carbocycles. The maximum Gasteiger partial charge on any atom is 0.255 e. The van der Waals surface area contributed by atoms with Gasteiger partial charge in [0.2, 0.25) is 15.9 Å². The first kappa shape index (κ1) is 24.4. The van der Waals surface area contributed by atoms with Gasteiger partial charge in [-0.25, -0.2) is 12.8 Å². The molecule has 0 unspecified atom stereocenters. The maximum atomic E-state index is 13.2. The molecule has 2 N–H and O–H groups in total. The van der Waals surface area contributed by atoms with Crippen LogP contribution in [0.3, 0.4) is 0 Å². The van der Waals surface area contributed by atoms with Gasteiger partial charge in [0.25, 0.3) is 5.91 Å². The zero-order chi connectivity index (χ0) is 25.0. The molecule has 3 aromatic rings. The number of hydrogen-bond donors (Lipinski definition) is 2. The summed E-state index contributed by atoms with van der Waals surface area (Å²) < 4.78 is 45.6. The smallest absolute Gasteiger partial charge is 0.255 e. The molecule has 1 atom stereocenters. The minimum Gasteiger partial charge on any atom is -0.495 e. The summed E-state index contributed by atoms with van der Waals surface area (Å²) in [4.78, 5) is 25.4. The number of nitrogens with zero attached hydrogens (tertiary/aromatic N) is 1. The van der Waals surface area contributed by atoms with Crippen LogP contribution in [0.25, 0.3) is 0 Å². The van der Waals surface area contributed by atoms with Crippen LogP contribution < -0.4 is 15.4 Å². The van der Waals surface area contributed by atoms with E-state index in [2.05, 4.69) is 10.6 Å². The third-order valence-electron chi connectivity index (χ3n) is 5.70. The summed E-state index contributed by atoms with van der Waals surface area (Å²) in [6.45, 7) is 0.194. The molecule has 0 saturated carbocycles. The number of anilines is 2. The van der Waals surface area contributed by atoms with E-state index in [0.717, 1.165) is 16.4 Å². The third-order valence-corrected chi connectivity index (χ3v) is 7.62. The molecule has 0 spiro atoms. The van der Waals surface area contributed by atoms with Crippen molar-refractivity contribution < 1.29 is 27.1 Å². The number of benzene rings is 3. The van der Waals surface area contributed by atoms with Crippen LogP contribution >= 0.6 is 0 Å². The second-order valence-corrected chi connectivity index (χ2v) is 9.84. The van der Waals surface area contributed by atoms with Gasteiger partial charge in [0.15, 0.2) is 0 Å². The van der Waals surface area contributed by atoms with Crippen molar-refractivity contribution in [3.8, 4) is 5.75 Å². The van der Waals surface area contributed by atoms with Gasteiger partial charge in [-0.05, 0) is 73.5 Å². The minimum atomic E-state index is -3.95. The van der Waals surface area contributed by atoms with Crippen molar-refractivity contribution in [2.45, 2.75) is 23.8 Å². The Morgan fingerprint density at radius 2 is 1.66 bits per heavy atom. The fourth-order valence-corrected chi connectivity index (χ4v) is 5.56. The standard InChI is InChI=1S/C25H24FN3O5S/c1-34-23-7-3-2-5-21(23)28-24(30)17-8-12-19(13-9-17)27-25(31)22-6-4-16-29(22)35(32,33)20-14-10-18(26)11-15-20/h2-3,5,7-15,22H,4,6,16H2,1H3,(H,27,31)(H,28,30)/t22-/m0/s1. The van der Waals surface area contributed by atoms with E-state index in [1.807, 2.05) is 0 Å². The average Bonchev–Trinajstić information content (AvgIpc) is 3.36. The van der Waals surface area contributed by atoms with Crippen LogP contribution in [0.5, 0.6) is 5.75 Å². The second-order valence-electron chi connectivity index (χ2n) is 7.95. The summed E-state index contributed by atoms with van der Waals surface area (Å²) in [5, 5.41) is 5.50. The van der Waals surface area contributed by atoms with Crippen LogP contribution in [0.2, 0.25) is 0 Å². The number of amides is 2. The minimum absolute atomic E-state index is 0.0657. The fourth-order valence-electron chi connectivity index (χ4n) is 3.90. The SMILES string of the molecule is COc1ccccc1NC(=O)c1ccc(NC(=O)[C@@H]2CCCN2S(=O)(=O)c2ccc(F)cc2)cc1. The quantitative estimate of drug-likeness (QED) is 0.516. The first-order chi connectivity index (χ1) is 16.8. The number of halogens is 1. The van der Waals surface area contributed by atoms with E-state index >= 15 is 0 Å². The average molecular weight is 498 g/mol. The van der Waals surface area contributed by atoms with Gasteiger partial charge in [-0.1, -0.05) is 12.1 Å². The van der Waals surface area contributed by atoms with Gasteiger partial charge in [-0.15, -0.1) is 0 Å². The van der Waals surface area contributed by atoms with Crippen molar-refractivity contribution in [1.29, 1.82) is 0 Å². The summed E-state index contributed by atoms with van der Waals surface area (Å²) >= 11 is 0. The molecule has 1 fully saturated rings. The number of rotatable bonds is 7. The number of sulfonamides is 1. The van der Waals surface area contributed by atoms with E-state index in [0.29, 0.717) is 35.5 Å². The molecule has 1 saturated heterocycles. The van der Waals surface area contributed by atoms with Crippen molar-refractivity contribution in [2.24, 2.45) is 0 Å². The lowest BCUT2D eigenvalue weighted by molar-refractivity contribution is -0.119. The molecule has 1 aliphatic heterocycles. The normalized spacial score (nSPS) is 16.0. The van der Waals surface area contributed by atoms with Crippen LogP contribution in [0, 0.1) is 5.82 Å². The summed E-state index contributed by atoms with van der Waals surface area (Å²) in [6, 6.07) is 16.9. The highest BCUT2D eigenvalue weighted by atomic mass is 32.2. The van der Waals surface area contributed by atoms with Crippen LogP contribution in [-0.4, -0.2) is 44.2 Å². The Hall–Kier alpha value is -3.76. The molecular weight excluding hydrogens is 473 g/mol. The van der Waals surface area contributed by atoms with Crippen LogP contribution in [0.1, 0.15) is 23.2 Å². The van der Waals surface area contributed by atoms with Crippen molar-refractivity contribution in [2.75, 3.05) is 24.3 Å². The number of methoxy groups -OCH3 is 1. The van der Waals surface area contributed by atoms with E-state index in [-0.39, 0.29) is 17.3 Å². The van der Waals surface area contributed by atoms with Gasteiger partial charge < -0.3 is 15.4 Å². The molecule has 182 valence electrons. The largest absolute Gasteiger partial charge is 0.495 e. The van der Waals surface area contributed by atoms with Gasteiger partial charge in [0, 0.05) is 17.8 Å². The summed E-state index contributed by atoms with van der Waals surface area (Å²) in [5.41, 5.74) is 1.33. The highest BCUT2D eigenvalue weighted by Crippen LogP contribution is 2.28. The topological polar surface area (TPSA) is 105 Å². The zero-order valence-corrected chi connectivity index (χ0v) is 19.7. The summed E-state index contributed by atoms with van der Waals surface area (Å²) in [6.07, 6.45) is 0.895. The number of carbonyl (C=O) groups excluding carboxylic acids is 2. The Bertz CT molecular complexity index is 1330. The van der Waals surface area contributed by atoms with Crippen molar-refractivity contribution >= 4 is 33.2 Å². The molecule has 3 aromatic carbocycles. The number of carbonyl (C=O) groups is 2. The Balaban J connectivity index is 1.43. The molecular formula is C25H24FN3O5S.